The van der Waals surface area contributed by atoms with Gasteiger partial charge in [-0.1, -0.05) is 18.5 Å². The number of benzene rings is 1. The normalized spacial score (nSPS) is 25.9. The standard InChI is InChI=1S/C13H16Cl2O2/c1-8-5-6-17-13(8)12(15)10-7-9(14)3-4-11(10)16-2/h3-4,7-8,12-13H,5-6H2,1-2H3. The zero-order chi connectivity index (χ0) is 12.4. The number of hydrogen-bond acceptors (Lipinski definition) is 2. The predicted molar refractivity (Wildman–Crippen MR) is 70.1 cm³/mol. The Morgan fingerprint density at radius 3 is 2.82 bits per heavy atom. The van der Waals surface area contributed by atoms with Crippen LogP contribution in [0.15, 0.2) is 18.2 Å². The van der Waals surface area contributed by atoms with E-state index in [1.807, 2.05) is 12.1 Å². The van der Waals surface area contributed by atoms with E-state index in [1.165, 1.54) is 0 Å². The molecule has 1 heterocycles. The molecule has 3 atom stereocenters. The molecule has 0 aromatic heterocycles. The Labute approximate surface area is 112 Å². The van der Waals surface area contributed by atoms with Crippen LogP contribution in [-0.2, 0) is 4.74 Å². The van der Waals surface area contributed by atoms with Crippen molar-refractivity contribution in [1.82, 2.24) is 0 Å². The maximum absolute atomic E-state index is 6.50. The van der Waals surface area contributed by atoms with Gasteiger partial charge in [-0.3, -0.25) is 0 Å². The molecule has 0 bridgehead atoms. The van der Waals surface area contributed by atoms with Crippen molar-refractivity contribution < 1.29 is 9.47 Å². The van der Waals surface area contributed by atoms with E-state index in [4.69, 9.17) is 32.7 Å². The first-order chi connectivity index (χ1) is 8.13. The van der Waals surface area contributed by atoms with Crippen molar-refractivity contribution in [3.63, 3.8) is 0 Å². The van der Waals surface area contributed by atoms with Crippen LogP contribution in [0, 0.1) is 5.92 Å². The summed E-state index contributed by atoms with van der Waals surface area (Å²) in [7, 11) is 1.63. The molecule has 0 spiro atoms. The molecule has 1 aromatic carbocycles. The van der Waals surface area contributed by atoms with Crippen LogP contribution in [-0.4, -0.2) is 19.8 Å². The Balaban J connectivity index is 2.28. The van der Waals surface area contributed by atoms with Gasteiger partial charge in [0.1, 0.15) is 5.75 Å². The molecule has 2 rings (SSSR count). The lowest BCUT2D eigenvalue weighted by atomic mass is 9.96. The van der Waals surface area contributed by atoms with Gasteiger partial charge in [0, 0.05) is 17.2 Å². The molecule has 0 radical (unpaired) electrons. The highest BCUT2D eigenvalue weighted by Crippen LogP contribution is 2.40. The quantitative estimate of drug-likeness (QED) is 0.775. The molecular formula is C13H16Cl2O2. The van der Waals surface area contributed by atoms with Crippen LogP contribution in [0.5, 0.6) is 5.75 Å². The summed E-state index contributed by atoms with van der Waals surface area (Å²) < 4.78 is 11.0. The molecule has 2 nitrogen and oxygen atoms in total. The maximum atomic E-state index is 6.50. The highest BCUT2D eigenvalue weighted by Gasteiger charge is 2.33. The van der Waals surface area contributed by atoms with Crippen LogP contribution in [0.25, 0.3) is 0 Å². The van der Waals surface area contributed by atoms with Crippen LogP contribution in [0.4, 0.5) is 0 Å². The van der Waals surface area contributed by atoms with Gasteiger partial charge in [-0.05, 0) is 30.5 Å². The lowest BCUT2D eigenvalue weighted by molar-refractivity contribution is 0.0898. The molecule has 94 valence electrons. The highest BCUT2D eigenvalue weighted by atomic mass is 35.5. The van der Waals surface area contributed by atoms with E-state index in [9.17, 15) is 0 Å². The van der Waals surface area contributed by atoms with Crippen molar-refractivity contribution in [2.45, 2.75) is 24.8 Å². The van der Waals surface area contributed by atoms with Gasteiger partial charge in [0.05, 0.1) is 18.6 Å². The molecule has 0 saturated carbocycles. The van der Waals surface area contributed by atoms with Crippen molar-refractivity contribution >= 4 is 23.2 Å². The van der Waals surface area contributed by atoms with Crippen molar-refractivity contribution in [3.8, 4) is 5.75 Å². The summed E-state index contributed by atoms with van der Waals surface area (Å²) in [6.07, 6.45) is 1.08. The maximum Gasteiger partial charge on any atom is 0.123 e. The number of ether oxygens (including phenoxy) is 2. The number of methoxy groups -OCH3 is 1. The molecule has 1 saturated heterocycles. The Morgan fingerprint density at radius 1 is 1.47 bits per heavy atom. The van der Waals surface area contributed by atoms with Crippen LogP contribution in [0.3, 0.4) is 0 Å². The van der Waals surface area contributed by atoms with Gasteiger partial charge in [-0.2, -0.15) is 0 Å². The highest BCUT2D eigenvalue weighted by molar-refractivity contribution is 6.31. The van der Waals surface area contributed by atoms with Crippen LogP contribution in [0.2, 0.25) is 5.02 Å². The monoisotopic (exact) mass is 274 g/mol. The van der Waals surface area contributed by atoms with Gasteiger partial charge in [0.15, 0.2) is 0 Å². The molecule has 0 aliphatic carbocycles. The lowest BCUT2D eigenvalue weighted by Gasteiger charge is -2.22. The minimum atomic E-state index is -0.221. The van der Waals surface area contributed by atoms with E-state index in [1.54, 1.807) is 13.2 Å². The fourth-order valence-electron chi connectivity index (χ4n) is 2.19. The van der Waals surface area contributed by atoms with Crippen LogP contribution in [0.1, 0.15) is 24.3 Å². The Morgan fingerprint density at radius 2 is 2.24 bits per heavy atom. The van der Waals surface area contributed by atoms with Crippen molar-refractivity contribution in [3.05, 3.63) is 28.8 Å². The summed E-state index contributed by atoms with van der Waals surface area (Å²) in [5, 5.41) is 0.443. The Kier molecular flexibility index (Phi) is 4.18. The topological polar surface area (TPSA) is 18.5 Å². The van der Waals surface area contributed by atoms with Crippen molar-refractivity contribution in [2.24, 2.45) is 5.92 Å². The minimum Gasteiger partial charge on any atom is -0.496 e. The Bertz CT molecular complexity index is 395. The first-order valence-electron chi connectivity index (χ1n) is 5.72. The third-order valence-electron chi connectivity index (χ3n) is 3.22. The number of hydrogen-bond donors (Lipinski definition) is 0. The van der Waals surface area contributed by atoms with Gasteiger partial charge in [0.25, 0.3) is 0 Å². The SMILES string of the molecule is COc1ccc(Cl)cc1C(Cl)C1OCCC1C. The molecule has 1 fully saturated rings. The summed E-state index contributed by atoms with van der Waals surface area (Å²) in [6, 6.07) is 5.49. The Hall–Kier alpha value is -0.440. The molecule has 1 aliphatic rings. The summed E-state index contributed by atoms with van der Waals surface area (Å²) in [5.41, 5.74) is 0.903. The van der Waals surface area contributed by atoms with Gasteiger partial charge >= 0.3 is 0 Å². The van der Waals surface area contributed by atoms with Crippen LogP contribution < -0.4 is 4.74 Å². The predicted octanol–water partition coefficient (Wildman–Crippen LogP) is 4.05. The average molecular weight is 275 g/mol. The van der Waals surface area contributed by atoms with Gasteiger partial charge < -0.3 is 9.47 Å². The van der Waals surface area contributed by atoms with Gasteiger partial charge in [0.2, 0.25) is 0 Å². The largest absolute Gasteiger partial charge is 0.496 e. The average Bonchev–Trinajstić information content (AvgIpc) is 2.74. The van der Waals surface area contributed by atoms with E-state index in [0.717, 1.165) is 24.3 Å². The third kappa shape index (κ3) is 2.70. The van der Waals surface area contributed by atoms with Gasteiger partial charge in [-0.25, -0.2) is 0 Å². The third-order valence-corrected chi connectivity index (χ3v) is 3.94. The van der Waals surface area contributed by atoms with Gasteiger partial charge in [-0.15, -0.1) is 11.6 Å². The summed E-state index contributed by atoms with van der Waals surface area (Å²) in [6.45, 7) is 2.93. The van der Waals surface area contributed by atoms with Crippen LogP contribution >= 0.6 is 23.2 Å². The molecule has 0 N–H and O–H groups in total. The second-order valence-electron chi connectivity index (χ2n) is 4.39. The first kappa shape index (κ1) is 13.0. The molecule has 1 aromatic rings. The number of rotatable bonds is 3. The van der Waals surface area contributed by atoms with E-state index in [2.05, 4.69) is 6.92 Å². The van der Waals surface area contributed by atoms with Crippen molar-refractivity contribution in [1.29, 1.82) is 0 Å². The summed E-state index contributed by atoms with van der Waals surface area (Å²) in [4.78, 5) is 0. The smallest absolute Gasteiger partial charge is 0.123 e. The van der Waals surface area contributed by atoms with E-state index < -0.39 is 0 Å². The van der Waals surface area contributed by atoms with Crippen molar-refractivity contribution in [2.75, 3.05) is 13.7 Å². The molecular weight excluding hydrogens is 259 g/mol. The first-order valence-corrected chi connectivity index (χ1v) is 6.54. The van der Waals surface area contributed by atoms with E-state index in [-0.39, 0.29) is 11.5 Å². The lowest BCUT2D eigenvalue weighted by Crippen LogP contribution is -2.20. The second kappa shape index (κ2) is 5.47. The second-order valence-corrected chi connectivity index (χ2v) is 5.30. The number of alkyl halides is 1. The fraction of sp³-hybridized carbons (Fsp3) is 0.538. The van der Waals surface area contributed by atoms with E-state index >= 15 is 0 Å². The number of halogens is 2. The minimum absolute atomic E-state index is 0.0315. The summed E-state index contributed by atoms with van der Waals surface area (Å²) >= 11 is 12.5. The molecule has 17 heavy (non-hydrogen) atoms. The zero-order valence-corrected chi connectivity index (χ0v) is 11.5. The zero-order valence-electron chi connectivity index (χ0n) is 9.95. The molecule has 0 amide bonds. The molecule has 1 aliphatic heterocycles. The van der Waals surface area contributed by atoms with E-state index in [0.29, 0.717) is 10.9 Å². The molecule has 3 unspecified atom stereocenters. The fourth-order valence-corrected chi connectivity index (χ4v) is 2.86. The summed E-state index contributed by atoms with van der Waals surface area (Å²) in [5.74, 6) is 1.22. The molecule has 4 heteroatoms.